The minimum absolute atomic E-state index is 0.155. The molecule has 0 radical (unpaired) electrons. The zero-order valence-corrected chi connectivity index (χ0v) is 21.6. The molecule has 35 heavy (non-hydrogen) atoms. The second kappa shape index (κ2) is 16.2. The predicted octanol–water partition coefficient (Wildman–Crippen LogP) is 1.61. The number of ether oxygens (including phenoxy) is 2. The molecule has 0 saturated heterocycles. The molecule has 190 valence electrons. The number of esters is 2. The van der Waals surface area contributed by atoms with Gasteiger partial charge < -0.3 is 25.8 Å². The Hall–Kier alpha value is -2.57. The van der Waals surface area contributed by atoms with E-state index in [2.05, 4.69) is 10.6 Å². The maximum absolute atomic E-state index is 11.5. The van der Waals surface area contributed by atoms with E-state index >= 15 is 0 Å². The molecular formula is C24H32N4O5S2. The molecule has 11 heteroatoms. The van der Waals surface area contributed by atoms with Gasteiger partial charge in [-0.2, -0.15) is 0 Å². The van der Waals surface area contributed by atoms with Crippen molar-refractivity contribution in [2.45, 2.75) is 9.79 Å². The van der Waals surface area contributed by atoms with E-state index in [1.165, 1.54) is 0 Å². The molecule has 1 amide bonds. The first-order valence-electron chi connectivity index (χ1n) is 11.1. The molecule has 0 aliphatic heterocycles. The minimum atomic E-state index is -0.361. The number of benzene rings is 2. The normalized spacial score (nSPS) is 10.8. The standard InChI is InChI=1S/C24H32N4O5S2/c1-26-15-23(30)32-18-3-7-20(8-4-18)34-13-11-28(17-22(25)29)12-14-35-21-9-5-19(6-10-21)33-24(31)16-27-2/h3-10,26-27H,11-17H2,1-2H3,(H2,25,29). The summed E-state index contributed by atoms with van der Waals surface area (Å²) in [4.78, 5) is 38.7. The van der Waals surface area contributed by atoms with Gasteiger partial charge in [0.15, 0.2) is 0 Å². The molecule has 0 bridgehead atoms. The number of likely N-dealkylation sites (N-methyl/N-ethyl adjacent to an activating group) is 2. The highest BCUT2D eigenvalue weighted by molar-refractivity contribution is 7.99. The number of thioether (sulfide) groups is 2. The van der Waals surface area contributed by atoms with Crippen LogP contribution in [0, 0.1) is 0 Å². The van der Waals surface area contributed by atoms with Gasteiger partial charge in [-0.15, -0.1) is 23.5 Å². The fourth-order valence-electron chi connectivity index (χ4n) is 2.91. The predicted molar refractivity (Wildman–Crippen MR) is 139 cm³/mol. The van der Waals surface area contributed by atoms with Gasteiger partial charge in [-0.05, 0) is 62.6 Å². The third-order valence-corrected chi connectivity index (χ3v) is 6.47. The molecule has 2 aromatic carbocycles. The highest BCUT2D eigenvalue weighted by Crippen LogP contribution is 2.23. The van der Waals surface area contributed by atoms with Crippen molar-refractivity contribution in [1.29, 1.82) is 0 Å². The number of nitrogens with zero attached hydrogens (tertiary/aromatic N) is 1. The molecule has 4 N–H and O–H groups in total. The number of amides is 1. The van der Waals surface area contributed by atoms with Crippen LogP contribution < -0.4 is 25.8 Å². The van der Waals surface area contributed by atoms with Crippen molar-refractivity contribution in [1.82, 2.24) is 15.5 Å². The first-order chi connectivity index (χ1) is 16.9. The fraction of sp³-hybridized carbons (Fsp3) is 0.375. The van der Waals surface area contributed by atoms with Crippen LogP contribution in [-0.2, 0) is 14.4 Å². The number of hydrogen-bond donors (Lipinski definition) is 3. The molecule has 0 atom stereocenters. The Morgan fingerprint density at radius 3 is 1.51 bits per heavy atom. The summed E-state index contributed by atoms with van der Waals surface area (Å²) in [7, 11) is 3.37. The van der Waals surface area contributed by atoms with Crippen LogP contribution in [0.15, 0.2) is 58.3 Å². The van der Waals surface area contributed by atoms with E-state index < -0.39 is 0 Å². The molecule has 0 aliphatic rings. The van der Waals surface area contributed by atoms with E-state index in [1.54, 1.807) is 61.9 Å². The van der Waals surface area contributed by atoms with Crippen LogP contribution in [0.2, 0.25) is 0 Å². The molecule has 0 heterocycles. The van der Waals surface area contributed by atoms with Gasteiger partial charge >= 0.3 is 11.9 Å². The zero-order chi connectivity index (χ0) is 25.5. The Bertz CT molecular complexity index is 872. The highest BCUT2D eigenvalue weighted by Gasteiger charge is 2.10. The summed E-state index contributed by atoms with van der Waals surface area (Å²) < 4.78 is 10.4. The van der Waals surface area contributed by atoms with Crippen molar-refractivity contribution in [3.63, 3.8) is 0 Å². The lowest BCUT2D eigenvalue weighted by Crippen LogP contribution is -2.36. The molecule has 9 nitrogen and oxygen atoms in total. The van der Waals surface area contributed by atoms with E-state index in [1.807, 2.05) is 29.2 Å². The van der Waals surface area contributed by atoms with Crippen LogP contribution in [0.25, 0.3) is 0 Å². The van der Waals surface area contributed by atoms with E-state index in [9.17, 15) is 14.4 Å². The van der Waals surface area contributed by atoms with Crippen molar-refractivity contribution in [2.24, 2.45) is 5.73 Å². The van der Waals surface area contributed by atoms with Crippen molar-refractivity contribution >= 4 is 41.4 Å². The molecule has 0 spiro atoms. The SMILES string of the molecule is CNCC(=O)Oc1ccc(SCCN(CCSc2ccc(OC(=O)CNC)cc2)CC(N)=O)cc1. The lowest BCUT2D eigenvalue weighted by Gasteiger charge is -2.20. The number of rotatable bonds is 16. The zero-order valence-electron chi connectivity index (χ0n) is 20.0. The Morgan fingerprint density at radius 2 is 1.17 bits per heavy atom. The maximum Gasteiger partial charge on any atom is 0.325 e. The summed E-state index contributed by atoms with van der Waals surface area (Å²) in [6, 6.07) is 14.7. The maximum atomic E-state index is 11.5. The van der Waals surface area contributed by atoms with Crippen LogP contribution in [0.1, 0.15) is 0 Å². The third-order valence-electron chi connectivity index (χ3n) is 4.48. The molecule has 0 unspecified atom stereocenters. The van der Waals surface area contributed by atoms with Gasteiger partial charge in [-0.3, -0.25) is 19.3 Å². The molecule has 0 aromatic heterocycles. The second-order valence-electron chi connectivity index (χ2n) is 7.39. The van der Waals surface area contributed by atoms with E-state index in [4.69, 9.17) is 15.2 Å². The lowest BCUT2D eigenvalue weighted by atomic mass is 10.3. The van der Waals surface area contributed by atoms with Crippen molar-refractivity contribution in [3.8, 4) is 11.5 Å². The van der Waals surface area contributed by atoms with E-state index in [0.29, 0.717) is 24.6 Å². The Kier molecular flexibility index (Phi) is 13.2. The molecule has 2 rings (SSSR count). The summed E-state index contributed by atoms with van der Waals surface area (Å²) in [6.45, 7) is 1.91. The summed E-state index contributed by atoms with van der Waals surface area (Å²) in [5.74, 6) is 1.54. The quantitative estimate of drug-likeness (QED) is 0.171. The number of nitrogens with one attached hydrogen (secondary N) is 2. The first kappa shape index (κ1) is 28.7. The summed E-state index contributed by atoms with van der Waals surface area (Å²) in [6.07, 6.45) is 0. The Labute approximate surface area is 214 Å². The number of carbonyl (C=O) groups excluding carboxylic acids is 3. The van der Waals surface area contributed by atoms with Gasteiger partial charge in [-0.1, -0.05) is 0 Å². The summed E-state index contributed by atoms with van der Waals surface area (Å²) in [5, 5.41) is 5.50. The van der Waals surface area contributed by atoms with Crippen LogP contribution in [0.3, 0.4) is 0 Å². The van der Waals surface area contributed by atoms with Crippen LogP contribution in [0.4, 0.5) is 0 Å². The van der Waals surface area contributed by atoms with Gasteiger partial charge in [0.1, 0.15) is 11.5 Å². The molecule has 2 aromatic rings. The van der Waals surface area contributed by atoms with Crippen LogP contribution >= 0.6 is 23.5 Å². The topological polar surface area (TPSA) is 123 Å². The van der Waals surface area contributed by atoms with Gasteiger partial charge in [0.2, 0.25) is 5.91 Å². The Morgan fingerprint density at radius 1 is 0.771 bits per heavy atom. The number of carbonyl (C=O) groups is 3. The van der Waals surface area contributed by atoms with Crippen LogP contribution in [0.5, 0.6) is 11.5 Å². The smallest absolute Gasteiger partial charge is 0.325 e. The first-order valence-corrected chi connectivity index (χ1v) is 13.0. The van der Waals surface area contributed by atoms with E-state index in [-0.39, 0.29) is 37.5 Å². The highest BCUT2D eigenvalue weighted by atomic mass is 32.2. The molecular weight excluding hydrogens is 488 g/mol. The summed E-state index contributed by atoms with van der Waals surface area (Å²) >= 11 is 3.31. The van der Waals surface area contributed by atoms with Crippen molar-refractivity contribution in [3.05, 3.63) is 48.5 Å². The average molecular weight is 521 g/mol. The van der Waals surface area contributed by atoms with Gasteiger partial charge in [0.25, 0.3) is 0 Å². The minimum Gasteiger partial charge on any atom is -0.426 e. The third kappa shape index (κ3) is 12.1. The average Bonchev–Trinajstić information content (AvgIpc) is 2.81. The van der Waals surface area contributed by atoms with Gasteiger partial charge in [0.05, 0.1) is 19.6 Å². The molecule has 0 aliphatic carbocycles. The van der Waals surface area contributed by atoms with E-state index in [0.717, 1.165) is 21.3 Å². The Balaban J connectivity index is 1.76. The summed E-state index contributed by atoms with van der Waals surface area (Å²) in [5.41, 5.74) is 5.43. The van der Waals surface area contributed by atoms with Crippen molar-refractivity contribution in [2.75, 3.05) is 58.3 Å². The van der Waals surface area contributed by atoms with Crippen LogP contribution in [-0.4, -0.2) is 81.1 Å². The number of nitrogens with two attached hydrogens (primary N) is 1. The van der Waals surface area contributed by atoms with Crippen molar-refractivity contribution < 1.29 is 23.9 Å². The molecule has 0 saturated carbocycles. The molecule has 0 fully saturated rings. The number of primary amides is 1. The van der Waals surface area contributed by atoms with Gasteiger partial charge in [0, 0.05) is 34.4 Å². The van der Waals surface area contributed by atoms with Gasteiger partial charge in [-0.25, -0.2) is 0 Å². The lowest BCUT2D eigenvalue weighted by molar-refractivity contribution is -0.134. The largest absolute Gasteiger partial charge is 0.426 e. The second-order valence-corrected chi connectivity index (χ2v) is 9.73. The fourth-order valence-corrected chi connectivity index (χ4v) is 4.73. The number of hydrogen-bond acceptors (Lipinski definition) is 10. The monoisotopic (exact) mass is 520 g/mol.